The van der Waals surface area contributed by atoms with E-state index in [-0.39, 0.29) is 0 Å². The Morgan fingerprint density at radius 1 is 1.38 bits per heavy atom. The highest BCUT2D eigenvalue weighted by molar-refractivity contribution is 4.75. The zero-order valence-electron chi connectivity index (χ0n) is 9.47. The van der Waals surface area contributed by atoms with Crippen molar-refractivity contribution in [2.24, 2.45) is 5.41 Å². The van der Waals surface area contributed by atoms with Gasteiger partial charge in [-0.25, -0.2) is 0 Å². The summed E-state index contributed by atoms with van der Waals surface area (Å²) < 4.78 is 5.48. The van der Waals surface area contributed by atoms with Crippen LogP contribution in [-0.2, 0) is 4.74 Å². The van der Waals surface area contributed by atoms with Gasteiger partial charge in [-0.2, -0.15) is 0 Å². The smallest absolute Gasteiger partial charge is 0.0622 e. The summed E-state index contributed by atoms with van der Waals surface area (Å²) >= 11 is 0. The molecule has 0 saturated carbocycles. The largest absolute Gasteiger partial charge is 0.378 e. The fraction of sp³-hybridized carbons (Fsp3) is 1.00. The predicted octanol–water partition coefficient (Wildman–Crippen LogP) is 2.14. The normalized spacial score (nSPS) is 26.3. The van der Waals surface area contributed by atoms with Crippen molar-refractivity contribution in [2.75, 3.05) is 26.8 Å². The van der Waals surface area contributed by atoms with Crippen LogP contribution in [0.3, 0.4) is 0 Å². The van der Waals surface area contributed by atoms with E-state index >= 15 is 0 Å². The molecule has 0 bridgehead atoms. The SMILES string of the molecule is CN1CCOCC1CCC(C)(C)C. The van der Waals surface area contributed by atoms with Gasteiger partial charge in [0.2, 0.25) is 0 Å². The number of hydrogen-bond donors (Lipinski definition) is 0. The van der Waals surface area contributed by atoms with Crippen molar-refractivity contribution in [1.29, 1.82) is 0 Å². The molecule has 1 fully saturated rings. The lowest BCUT2D eigenvalue weighted by atomic mass is 9.88. The molecule has 0 aromatic heterocycles. The zero-order valence-corrected chi connectivity index (χ0v) is 9.47. The third-order valence-corrected chi connectivity index (χ3v) is 2.75. The number of likely N-dealkylation sites (N-methyl/N-ethyl adjacent to an activating group) is 1. The average Bonchev–Trinajstić information content (AvgIpc) is 2.01. The van der Waals surface area contributed by atoms with E-state index in [0.717, 1.165) is 19.8 Å². The van der Waals surface area contributed by atoms with Crippen LogP contribution in [0, 0.1) is 5.41 Å². The summed E-state index contributed by atoms with van der Waals surface area (Å²) in [4.78, 5) is 2.43. The molecule has 0 aromatic carbocycles. The van der Waals surface area contributed by atoms with Gasteiger partial charge in [0.15, 0.2) is 0 Å². The second kappa shape index (κ2) is 4.43. The lowest BCUT2D eigenvalue weighted by Crippen LogP contribution is -2.43. The first kappa shape index (κ1) is 11.0. The summed E-state index contributed by atoms with van der Waals surface area (Å²) in [5.74, 6) is 0. The van der Waals surface area contributed by atoms with E-state index in [2.05, 4.69) is 32.7 Å². The Morgan fingerprint density at radius 2 is 2.08 bits per heavy atom. The molecule has 1 atom stereocenters. The van der Waals surface area contributed by atoms with Crippen LogP contribution < -0.4 is 0 Å². The molecule has 0 radical (unpaired) electrons. The first-order valence-electron chi connectivity index (χ1n) is 5.27. The van der Waals surface area contributed by atoms with Crippen molar-refractivity contribution in [3.63, 3.8) is 0 Å². The Hall–Kier alpha value is -0.0800. The first-order chi connectivity index (χ1) is 5.99. The third kappa shape index (κ3) is 4.10. The molecule has 2 nitrogen and oxygen atoms in total. The molecule has 13 heavy (non-hydrogen) atoms. The van der Waals surface area contributed by atoms with Gasteiger partial charge in [0, 0.05) is 12.6 Å². The summed E-state index contributed by atoms with van der Waals surface area (Å²) in [6.07, 6.45) is 2.55. The van der Waals surface area contributed by atoms with Gasteiger partial charge in [0.05, 0.1) is 13.2 Å². The maximum absolute atomic E-state index is 5.48. The summed E-state index contributed by atoms with van der Waals surface area (Å²) in [6, 6.07) is 0.646. The minimum atomic E-state index is 0.457. The lowest BCUT2D eigenvalue weighted by Gasteiger charge is -2.34. The molecular formula is C11H23NO. The molecule has 1 heterocycles. The number of nitrogens with zero attached hydrogens (tertiary/aromatic N) is 1. The average molecular weight is 185 g/mol. The van der Waals surface area contributed by atoms with Crippen molar-refractivity contribution >= 4 is 0 Å². The molecule has 1 saturated heterocycles. The Labute approximate surface area is 82.3 Å². The molecule has 78 valence electrons. The Morgan fingerprint density at radius 3 is 2.62 bits per heavy atom. The van der Waals surface area contributed by atoms with Gasteiger partial charge in [-0.05, 0) is 25.3 Å². The molecule has 0 spiro atoms. The van der Waals surface area contributed by atoms with Gasteiger partial charge in [-0.15, -0.1) is 0 Å². The fourth-order valence-electron chi connectivity index (χ4n) is 1.64. The van der Waals surface area contributed by atoms with Crippen molar-refractivity contribution in [3.05, 3.63) is 0 Å². The van der Waals surface area contributed by atoms with E-state index in [4.69, 9.17) is 4.74 Å². The number of rotatable bonds is 2. The number of ether oxygens (including phenoxy) is 1. The Balaban J connectivity index is 2.27. The highest BCUT2D eigenvalue weighted by Crippen LogP contribution is 2.23. The van der Waals surface area contributed by atoms with E-state index in [0.29, 0.717) is 11.5 Å². The second-order valence-corrected chi connectivity index (χ2v) is 5.31. The van der Waals surface area contributed by atoms with Crippen molar-refractivity contribution in [2.45, 2.75) is 39.7 Å². The standard InChI is InChI=1S/C11H23NO/c1-11(2,3)6-5-10-9-13-8-7-12(10)4/h10H,5-9H2,1-4H3. The van der Waals surface area contributed by atoms with E-state index < -0.39 is 0 Å². The number of morpholine rings is 1. The summed E-state index contributed by atoms with van der Waals surface area (Å²) in [6.45, 7) is 9.83. The molecule has 0 aliphatic carbocycles. The van der Waals surface area contributed by atoms with E-state index in [9.17, 15) is 0 Å². The van der Waals surface area contributed by atoms with Crippen LogP contribution in [0.2, 0.25) is 0 Å². The van der Waals surface area contributed by atoms with Crippen molar-refractivity contribution in [3.8, 4) is 0 Å². The fourth-order valence-corrected chi connectivity index (χ4v) is 1.64. The molecule has 2 heteroatoms. The van der Waals surface area contributed by atoms with Crippen LogP contribution in [0.15, 0.2) is 0 Å². The van der Waals surface area contributed by atoms with Crippen molar-refractivity contribution in [1.82, 2.24) is 4.90 Å². The molecule has 0 aromatic rings. The molecule has 1 aliphatic heterocycles. The summed E-state index contributed by atoms with van der Waals surface area (Å²) in [5, 5.41) is 0. The number of hydrogen-bond acceptors (Lipinski definition) is 2. The van der Waals surface area contributed by atoms with E-state index in [1.54, 1.807) is 0 Å². The lowest BCUT2D eigenvalue weighted by molar-refractivity contribution is -0.000583. The van der Waals surface area contributed by atoms with Crippen LogP contribution in [-0.4, -0.2) is 37.7 Å². The molecular weight excluding hydrogens is 162 g/mol. The van der Waals surface area contributed by atoms with Gasteiger partial charge in [0.25, 0.3) is 0 Å². The van der Waals surface area contributed by atoms with E-state index in [1.807, 2.05) is 0 Å². The predicted molar refractivity (Wildman–Crippen MR) is 55.9 cm³/mol. The third-order valence-electron chi connectivity index (χ3n) is 2.75. The van der Waals surface area contributed by atoms with Crippen LogP contribution in [0.5, 0.6) is 0 Å². The zero-order chi connectivity index (χ0) is 9.90. The summed E-state index contributed by atoms with van der Waals surface area (Å²) in [7, 11) is 2.20. The van der Waals surface area contributed by atoms with Crippen LogP contribution in [0.4, 0.5) is 0 Å². The molecule has 1 aliphatic rings. The Bertz CT molecular complexity index is 151. The molecule has 1 rings (SSSR count). The van der Waals surface area contributed by atoms with Gasteiger partial charge in [-0.1, -0.05) is 20.8 Å². The monoisotopic (exact) mass is 185 g/mol. The second-order valence-electron chi connectivity index (χ2n) is 5.31. The minimum Gasteiger partial charge on any atom is -0.378 e. The quantitative estimate of drug-likeness (QED) is 0.653. The Kier molecular flexibility index (Phi) is 3.74. The van der Waals surface area contributed by atoms with Gasteiger partial charge in [-0.3, -0.25) is 4.90 Å². The molecule has 1 unspecified atom stereocenters. The highest BCUT2D eigenvalue weighted by Gasteiger charge is 2.21. The molecule has 0 amide bonds. The van der Waals surface area contributed by atoms with Gasteiger partial charge in [0.1, 0.15) is 0 Å². The maximum Gasteiger partial charge on any atom is 0.0622 e. The van der Waals surface area contributed by atoms with E-state index in [1.165, 1.54) is 12.8 Å². The van der Waals surface area contributed by atoms with Gasteiger partial charge < -0.3 is 4.74 Å². The molecule has 0 N–H and O–H groups in total. The van der Waals surface area contributed by atoms with Crippen LogP contribution in [0.25, 0.3) is 0 Å². The van der Waals surface area contributed by atoms with Gasteiger partial charge >= 0.3 is 0 Å². The van der Waals surface area contributed by atoms with Crippen molar-refractivity contribution < 1.29 is 4.74 Å². The highest BCUT2D eigenvalue weighted by atomic mass is 16.5. The topological polar surface area (TPSA) is 12.5 Å². The first-order valence-corrected chi connectivity index (χ1v) is 5.27. The van der Waals surface area contributed by atoms with Crippen LogP contribution in [0.1, 0.15) is 33.6 Å². The summed E-state index contributed by atoms with van der Waals surface area (Å²) in [5.41, 5.74) is 0.457. The maximum atomic E-state index is 5.48. The minimum absolute atomic E-state index is 0.457. The van der Waals surface area contributed by atoms with Crippen LogP contribution >= 0.6 is 0 Å².